The molecule has 1 aromatic heterocycles. The van der Waals surface area contributed by atoms with Crippen LogP contribution in [0, 0.1) is 0 Å². The molecule has 1 aromatic carbocycles. The SMILES string of the molecule is c1ccc(C2CCCCC2NCCc2ccccn2)cc1. The Kier molecular flexibility index (Phi) is 5.01. The zero-order chi connectivity index (χ0) is 14.3. The van der Waals surface area contributed by atoms with Crippen molar-refractivity contribution in [3.8, 4) is 0 Å². The third kappa shape index (κ3) is 3.92. The molecule has 21 heavy (non-hydrogen) atoms. The van der Waals surface area contributed by atoms with E-state index in [4.69, 9.17) is 0 Å². The van der Waals surface area contributed by atoms with Crippen LogP contribution in [0.2, 0.25) is 0 Å². The lowest BCUT2D eigenvalue weighted by molar-refractivity contribution is 0.329. The highest BCUT2D eigenvalue weighted by Crippen LogP contribution is 2.32. The molecule has 0 spiro atoms. The third-order valence-corrected chi connectivity index (χ3v) is 4.51. The van der Waals surface area contributed by atoms with Crippen LogP contribution in [0.4, 0.5) is 0 Å². The molecule has 0 radical (unpaired) electrons. The fraction of sp³-hybridized carbons (Fsp3) is 0.421. The Bertz CT molecular complexity index is 524. The molecule has 2 aromatic rings. The van der Waals surface area contributed by atoms with Crippen LogP contribution < -0.4 is 5.32 Å². The van der Waals surface area contributed by atoms with Gasteiger partial charge in [-0.15, -0.1) is 0 Å². The van der Waals surface area contributed by atoms with Crippen molar-refractivity contribution in [2.75, 3.05) is 6.54 Å². The van der Waals surface area contributed by atoms with Crippen LogP contribution in [0.15, 0.2) is 54.7 Å². The number of aromatic nitrogens is 1. The van der Waals surface area contributed by atoms with Crippen LogP contribution in [0.5, 0.6) is 0 Å². The number of benzene rings is 1. The van der Waals surface area contributed by atoms with Crippen LogP contribution >= 0.6 is 0 Å². The van der Waals surface area contributed by atoms with E-state index in [0.717, 1.165) is 13.0 Å². The van der Waals surface area contributed by atoms with Crippen molar-refractivity contribution < 1.29 is 0 Å². The van der Waals surface area contributed by atoms with E-state index in [1.165, 1.54) is 36.9 Å². The van der Waals surface area contributed by atoms with Gasteiger partial charge in [-0.2, -0.15) is 0 Å². The quantitative estimate of drug-likeness (QED) is 0.897. The second-order valence-corrected chi connectivity index (χ2v) is 5.93. The summed E-state index contributed by atoms with van der Waals surface area (Å²) in [6, 6.07) is 17.8. The maximum absolute atomic E-state index is 4.40. The molecule has 3 rings (SSSR count). The van der Waals surface area contributed by atoms with Gasteiger partial charge in [0.15, 0.2) is 0 Å². The summed E-state index contributed by atoms with van der Waals surface area (Å²) in [6.07, 6.45) is 8.21. The Morgan fingerprint density at radius 1 is 0.952 bits per heavy atom. The molecule has 0 aliphatic heterocycles. The Hall–Kier alpha value is -1.67. The van der Waals surface area contributed by atoms with E-state index in [1.54, 1.807) is 0 Å². The number of nitrogens with one attached hydrogen (secondary N) is 1. The molecule has 0 bridgehead atoms. The van der Waals surface area contributed by atoms with Crippen LogP contribution in [-0.2, 0) is 6.42 Å². The van der Waals surface area contributed by atoms with E-state index in [-0.39, 0.29) is 0 Å². The lowest BCUT2D eigenvalue weighted by Gasteiger charge is -2.32. The molecule has 2 unspecified atom stereocenters. The maximum atomic E-state index is 4.40. The van der Waals surface area contributed by atoms with Crippen molar-refractivity contribution in [1.82, 2.24) is 10.3 Å². The summed E-state index contributed by atoms with van der Waals surface area (Å²) in [5.74, 6) is 0.670. The second-order valence-electron chi connectivity index (χ2n) is 5.93. The minimum absolute atomic E-state index is 0.616. The summed E-state index contributed by atoms with van der Waals surface area (Å²) < 4.78 is 0. The van der Waals surface area contributed by atoms with Gasteiger partial charge in [-0.3, -0.25) is 4.98 Å². The fourth-order valence-corrected chi connectivity index (χ4v) is 3.41. The topological polar surface area (TPSA) is 24.9 Å². The number of hydrogen-bond acceptors (Lipinski definition) is 2. The summed E-state index contributed by atoms with van der Waals surface area (Å²) in [6.45, 7) is 1.02. The van der Waals surface area contributed by atoms with Crippen molar-refractivity contribution in [1.29, 1.82) is 0 Å². The zero-order valence-electron chi connectivity index (χ0n) is 12.5. The Labute approximate surface area is 127 Å². The first-order chi connectivity index (χ1) is 10.4. The molecule has 0 saturated heterocycles. The molecule has 2 atom stereocenters. The van der Waals surface area contributed by atoms with Crippen molar-refractivity contribution in [2.45, 2.75) is 44.1 Å². The Morgan fingerprint density at radius 2 is 1.76 bits per heavy atom. The van der Waals surface area contributed by atoms with Crippen LogP contribution in [0.3, 0.4) is 0 Å². The van der Waals surface area contributed by atoms with E-state index in [9.17, 15) is 0 Å². The molecule has 1 aliphatic rings. The largest absolute Gasteiger partial charge is 0.313 e. The van der Waals surface area contributed by atoms with Gasteiger partial charge in [0, 0.05) is 30.9 Å². The minimum atomic E-state index is 0.616. The number of rotatable bonds is 5. The summed E-state index contributed by atoms with van der Waals surface area (Å²) in [4.78, 5) is 4.40. The highest BCUT2D eigenvalue weighted by atomic mass is 14.9. The lowest BCUT2D eigenvalue weighted by Crippen LogP contribution is -2.38. The van der Waals surface area contributed by atoms with Crippen molar-refractivity contribution in [3.05, 3.63) is 66.0 Å². The summed E-state index contributed by atoms with van der Waals surface area (Å²) >= 11 is 0. The number of hydrogen-bond donors (Lipinski definition) is 1. The van der Waals surface area contributed by atoms with Crippen LogP contribution in [0.25, 0.3) is 0 Å². The molecule has 0 amide bonds. The number of nitrogens with zero attached hydrogens (tertiary/aromatic N) is 1. The molecule has 1 N–H and O–H groups in total. The minimum Gasteiger partial charge on any atom is -0.313 e. The molecule has 1 saturated carbocycles. The molecule has 1 aliphatic carbocycles. The molecule has 2 nitrogen and oxygen atoms in total. The van der Waals surface area contributed by atoms with E-state index >= 15 is 0 Å². The van der Waals surface area contributed by atoms with Gasteiger partial charge in [-0.1, -0.05) is 49.2 Å². The summed E-state index contributed by atoms with van der Waals surface area (Å²) in [7, 11) is 0. The highest BCUT2D eigenvalue weighted by molar-refractivity contribution is 5.22. The average molecular weight is 280 g/mol. The smallest absolute Gasteiger partial charge is 0.0416 e. The van der Waals surface area contributed by atoms with Gasteiger partial charge in [0.25, 0.3) is 0 Å². The molecular weight excluding hydrogens is 256 g/mol. The monoisotopic (exact) mass is 280 g/mol. The van der Waals surface area contributed by atoms with Crippen molar-refractivity contribution in [3.63, 3.8) is 0 Å². The maximum Gasteiger partial charge on any atom is 0.0416 e. The first-order valence-electron chi connectivity index (χ1n) is 8.12. The Morgan fingerprint density at radius 3 is 2.57 bits per heavy atom. The van der Waals surface area contributed by atoms with E-state index in [2.05, 4.69) is 52.8 Å². The summed E-state index contributed by atoms with van der Waals surface area (Å²) in [5, 5.41) is 3.78. The van der Waals surface area contributed by atoms with E-state index < -0.39 is 0 Å². The van der Waals surface area contributed by atoms with E-state index in [0.29, 0.717) is 12.0 Å². The van der Waals surface area contributed by atoms with Crippen molar-refractivity contribution in [2.24, 2.45) is 0 Å². The first kappa shape index (κ1) is 14.3. The van der Waals surface area contributed by atoms with Gasteiger partial charge in [0.2, 0.25) is 0 Å². The predicted molar refractivity (Wildman–Crippen MR) is 87.4 cm³/mol. The standard InChI is InChI=1S/C19H24N2/c1-2-8-16(9-3-1)18-11-4-5-12-19(18)21-15-13-17-10-6-7-14-20-17/h1-3,6-10,14,18-19,21H,4-5,11-13,15H2. The van der Waals surface area contributed by atoms with E-state index in [1.807, 2.05) is 12.3 Å². The van der Waals surface area contributed by atoms with Crippen LogP contribution in [0.1, 0.15) is 42.9 Å². The average Bonchev–Trinajstić information content (AvgIpc) is 2.57. The summed E-state index contributed by atoms with van der Waals surface area (Å²) in [5.41, 5.74) is 2.67. The lowest BCUT2D eigenvalue weighted by atomic mass is 9.80. The van der Waals surface area contributed by atoms with Gasteiger partial charge < -0.3 is 5.32 Å². The van der Waals surface area contributed by atoms with Gasteiger partial charge >= 0.3 is 0 Å². The third-order valence-electron chi connectivity index (χ3n) is 4.51. The predicted octanol–water partition coefficient (Wildman–Crippen LogP) is 3.94. The number of pyridine rings is 1. The molecular formula is C19H24N2. The van der Waals surface area contributed by atoms with Gasteiger partial charge in [-0.25, -0.2) is 0 Å². The van der Waals surface area contributed by atoms with Crippen molar-refractivity contribution >= 4 is 0 Å². The molecule has 1 heterocycles. The highest BCUT2D eigenvalue weighted by Gasteiger charge is 2.25. The van der Waals surface area contributed by atoms with Gasteiger partial charge in [0.1, 0.15) is 0 Å². The second kappa shape index (κ2) is 7.37. The Balaban J connectivity index is 1.57. The van der Waals surface area contributed by atoms with Gasteiger partial charge in [0.05, 0.1) is 0 Å². The van der Waals surface area contributed by atoms with Crippen LogP contribution in [-0.4, -0.2) is 17.6 Å². The molecule has 1 fully saturated rings. The first-order valence-corrected chi connectivity index (χ1v) is 8.12. The molecule has 2 heteroatoms. The zero-order valence-corrected chi connectivity index (χ0v) is 12.5. The van der Waals surface area contributed by atoms with Gasteiger partial charge in [-0.05, 0) is 36.5 Å². The molecule has 110 valence electrons. The normalized spacial score (nSPS) is 22.1. The fourth-order valence-electron chi connectivity index (χ4n) is 3.41.